The molecule has 0 saturated carbocycles. The maximum atomic E-state index is 12.6. The molecule has 0 spiro atoms. The van der Waals surface area contributed by atoms with E-state index in [0.717, 1.165) is 4.31 Å². The van der Waals surface area contributed by atoms with Crippen molar-refractivity contribution in [2.24, 2.45) is 0 Å². The van der Waals surface area contributed by atoms with Crippen molar-refractivity contribution < 1.29 is 23.4 Å². The highest BCUT2D eigenvalue weighted by Crippen LogP contribution is 2.39. The number of aromatic hydroxyl groups is 1. The van der Waals surface area contributed by atoms with E-state index in [4.69, 9.17) is 21.4 Å². The van der Waals surface area contributed by atoms with E-state index in [2.05, 4.69) is 5.32 Å². The Morgan fingerprint density at radius 3 is 2.50 bits per heavy atom. The number of hydrogen-bond acceptors (Lipinski definition) is 8. The standard InChI is InChI=1S/C15H17ClN2O7S/c1-3-25-14-10(12(21)13(14)22)17-9-5-4-8(16)15(11(9)20)26(23,24)18(2)6-7-19/h4-5,17,19-20H,3,6-7H2,1-2H3. The molecular formula is C15H17ClN2O7S. The summed E-state index contributed by atoms with van der Waals surface area (Å²) in [4.78, 5) is 22.6. The Bertz CT molecular complexity index is 996. The predicted molar refractivity (Wildman–Crippen MR) is 95.8 cm³/mol. The van der Waals surface area contributed by atoms with E-state index in [0.29, 0.717) is 0 Å². The smallest absolute Gasteiger partial charge is 0.272 e. The first-order valence-electron chi connectivity index (χ1n) is 7.48. The van der Waals surface area contributed by atoms with Gasteiger partial charge in [0.15, 0.2) is 11.5 Å². The normalized spacial score (nSPS) is 11.9. The van der Waals surface area contributed by atoms with E-state index in [1.165, 1.54) is 19.2 Å². The summed E-state index contributed by atoms with van der Waals surface area (Å²) in [6.45, 7) is 1.15. The number of aliphatic hydroxyl groups excluding tert-OH is 1. The molecule has 142 valence electrons. The summed E-state index contributed by atoms with van der Waals surface area (Å²) < 4.78 is 31.0. The van der Waals surface area contributed by atoms with Crippen LogP contribution in [-0.4, -0.2) is 49.7 Å². The van der Waals surface area contributed by atoms with Gasteiger partial charge in [0.05, 0.1) is 23.9 Å². The van der Waals surface area contributed by atoms with Crippen LogP contribution in [0.5, 0.6) is 11.5 Å². The highest BCUT2D eigenvalue weighted by atomic mass is 35.5. The van der Waals surface area contributed by atoms with Crippen molar-refractivity contribution in [3.05, 3.63) is 37.6 Å². The Labute approximate surface area is 154 Å². The maximum Gasteiger partial charge on any atom is 0.272 e. The van der Waals surface area contributed by atoms with Crippen molar-refractivity contribution in [2.45, 2.75) is 11.8 Å². The van der Waals surface area contributed by atoms with E-state index >= 15 is 0 Å². The average Bonchev–Trinajstić information content (AvgIpc) is 2.59. The minimum absolute atomic E-state index is 0.140. The SMILES string of the molecule is CCOc1c(Nc2ccc(Cl)c(S(=O)(=O)N(C)CCO)c2O)c(=O)c1=O. The van der Waals surface area contributed by atoms with E-state index in [1.807, 2.05) is 0 Å². The van der Waals surface area contributed by atoms with E-state index in [9.17, 15) is 23.1 Å². The molecule has 0 atom stereocenters. The van der Waals surface area contributed by atoms with Gasteiger partial charge in [-0.2, -0.15) is 4.31 Å². The van der Waals surface area contributed by atoms with E-state index < -0.39 is 38.1 Å². The van der Waals surface area contributed by atoms with Crippen molar-refractivity contribution >= 4 is 33.0 Å². The number of sulfonamides is 1. The Balaban J connectivity index is 2.50. The molecule has 0 aliphatic carbocycles. The second-order valence-electron chi connectivity index (χ2n) is 5.24. The summed E-state index contributed by atoms with van der Waals surface area (Å²) in [5.41, 5.74) is -1.97. The fraction of sp³-hybridized carbons (Fsp3) is 0.333. The zero-order valence-corrected chi connectivity index (χ0v) is 15.5. The van der Waals surface area contributed by atoms with E-state index in [1.54, 1.807) is 6.92 Å². The number of aliphatic hydroxyl groups is 1. The van der Waals surface area contributed by atoms with Crippen LogP contribution in [0.25, 0.3) is 0 Å². The summed E-state index contributed by atoms with van der Waals surface area (Å²) >= 11 is 5.93. The lowest BCUT2D eigenvalue weighted by molar-refractivity contribution is 0.266. The summed E-state index contributed by atoms with van der Waals surface area (Å²) in [7, 11) is -2.99. The average molecular weight is 405 g/mol. The first-order chi connectivity index (χ1) is 12.2. The first-order valence-corrected chi connectivity index (χ1v) is 9.30. The van der Waals surface area contributed by atoms with E-state index in [-0.39, 0.29) is 35.3 Å². The number of likely N-dealkylation sites (N-methyl/N-ethyl adjacent to an activating group) is 1. The molecule has 0 fully saturated rings. The number of nitrogens with zero attached hydrogens (tertiary/aromatic N) is 1. The highest BCUT2D eigenvalue weighted by molar-refractivity contribution is 7.89. The molecule has 0 bridgehead atoms. The Hall–Kier alpha value is -2.14. The lowest BCUT2D eigenvalue weighted by Gasteiger charge is -2.20. The quantitative estimate of drug-likeness (QED) is 0.425. The highest BCUT2D eigenvalue weighted by Gasteiger charge is 2.30. The van der Waals surface area contributed by atoms with Crippen molar-refractivity contribution in [1.29, 1.82) is 0 Å². The van der Waals surface area contributed by atoms with Gasteiger partial charge in [-0.3, -0.25) is 9.59 Å². The van der Waals surface area contributed by atoms with Gasteiger partial charge in [-0.25, -0.2) is 8.42 Å². The third-order valence-corrected chi connectivity index (χ3v) is 5.94. The number of rotatable bonds is 8. The molecule has 0 unspecified atom stereocenters. The fourth-order valence-electron chi connectivity index (χ4n) is 2.21. The van der Waals surface area contributed by atoms with Gasteiger partial charge >= 0.3 is 0 Å². The zero-order valence-electron chi connectivity index (χ0n) is 13.9. The molecule has 0 aromatic heterocycles. The van der Waals surface area contributed by atoms with Crippen LogP contribution < -0.4 is 20.9 Å². The molecule has 0 saturated heterocycles. The zero-order chi connectivity index (χ0) is 19.6. The summed E-state index contributed by atoms with van der Waals surface area (Å²) in [5, 5.41) is 21.6. The van der Waals surface area contributed by atoms with Crippen LogP contribution in [0.4, 0.5) is 11.4 Å². The molecule has 2 rings (SSSR count). The lowest BCUT2D eigenvalue weighted by Crippen LogP contribution is -2.35. The molecule has 0 radical (unpaired) electrons. The number of nitrogens with one attached hydrogen (secondary N) is 1. The monoisotopic (exact) mass is 404 g/mol. The third-order valence-electron chi connectivity index (χ3n) is 3.58. The predicted octanol–water partition coefficient (Wildman–Crippen LogP) is 0.397. The minimum Gasteiger partial charge on any atom is -0.504 e. The molecule has 3 N–H and O–H groups in total. The Morgan fingerprint density at radius 2 is 1.92 bits per heavy atom. The number of phenols is 1. The molecule has 0 aliphatic rings. The molecule has 2 aromatic carbocycles. The van der Waals surface area contributed by atoms with Crippen LogP contribution in [0.1, 0.15) is 6.92 Å². The molecule has 11 heteroatoms. The topological polar surface area (TPSA) is 133 Å². The fourth-order valence-corrected chi connectivity index (χ4v) is 3.96. The van der Waals surface area contributed by atoms with Gasteiger partial charge in [-0.15, -0.1) is 0 Å². The van der Waals surface area contributed by atoms with Crippen molar-refractivity contribution in [3.8, 4) is 11.5 Å². The van der Waals surface area contributed by atoms with Gasteiger partial charge in [0.25, 0.3) is 10.9 Å². The maximum absolute atomic E-state index is 12.6. The largest absolute Gasteiger partial charge is 0.504 e. The summed E-state index contributed by atoms with van der Waals surface area (Å²) in [6, 6.07) is 2.48. The van der Waals surface area contributed by atoms with Crippen LogP contribution in [0.3, 0.4) is 0 Å². The summed E-state index contributed by atoms with van der Waals surface area (Å²) in [6.07, 6.45) is 0. The Kier molecular flexibility index (Phi) is 5.91. The molecule has 0 aliphatic heterocycles. The van der Waals surface area contributed by atoms with Crippen LogP contribution >= 0.6 is 11.6 Å². The Morgan fingerprint density at radius 1 is 1.27 bits per heavy atom. The lowest BCUT2D eigenvalue weighted by atomic mass is 10.2. The second kappa shape index (κ2) is 7.62. The van der Waals surface area contributed by atoms with Gasteiger partial charge in [0, 0.05) is 13.6 Å². The van der Waals surface area contributed by atoms with Crippen molar-refractivity contribution in [1.82, 2.24) is 4.31 Å². The van der Waals surface area contributed by atoms with Gasteiger partial charge < -0.3 is 20.3 Å². The van der Waals surface area contributed by atoms with Crippen LogP contribution in [-0.2, 0) is 10.0 Å². The molecule has 2 aromatic rings. The van der Waals surface area contributed by atoms with Gasteiger partial charge in [0.2, 0.25) is 10.0 Å². The molecule has 0 heterocycles. The number of anilines is 2. The summed E-state index contributed by atoms with van der Waals surface area (Å²) in [5.74, 6) is -0.911. The van der Waals surface area contributed by atoms with Crippen LogP contribution in [0.15, 0.2) is 26.6 Å². The van der Waals surface area contributed by atoms with Gasteiger partial charge in [0.1, 0.15) is 10.6 Å². The third kappa shape index (κ3) is 3.40. The number of phenolic OH excluding ortho intramolecular Hbond substituents is 1. The number of hydrogen-bond donors (Lipinski definition) is 3. The number of benzene rings is 1. The van der Waals surface area contributed by atoms with Gasteiger partial charge in [-0.1, -0.05) is 11.6 Å². The number of halogens is 1. The first kappa shape index (κ1) is 20.2. The molecule has 9 nitrogen and oxygen atoms in total. The minimum atomic E-state index is -4.21. The molecule has 26 heavy (non-hydrogen) atoms. The van der Waals surface area contributed by atoms with Crippen molar-refractivity contribution in [3.63, 3.8) is 0 Å². The molecule has 0 amide bonds. The van der Waals surface area contributed by atoms with Gasteiger partial charge in [-0.05, 0) is 19.1 Å². The molecular weight excluding hydrogens is 388 g/mol. The van der Waals surface area contributed by atoms with Crippen LogP contribution in [0, 0.1) is 0 Å². The second-order valence-corrected chi connectivity index (χ2v) is 7.63. The van der Waals surface area contributed by atoms with Crippen LogP contribution in [0.2, 0.25) is 5.02 Å². The number of ether oxygens (including phenoxy) is 1. The van der Waals surface area contributed by atoms with Crippen molar-refractivity contribution in [2.75, 3.05) is 32.1 Å².